The maximum Gasteiger partial charge on any atom is 0.154 e. The van der Waals surface area contributed by atoms with Crippen molar-refractivity contribution in [2.75, 3.05) is 0 Å². The maximum absolute atomic E-state index is 14.5. The number of Topliss-reactive ketones (excluding diaryl/α,β-unsaturated/α-hetero) is 1. The van der Waals surface area contributed by atoms with E-state index < -0.39 is 11.6 Å². The zero-order valence-electron chi connectivity index (χ0n) is 15.5. The topological polar surface area (TPSA) is 68.9 Å². The molecule has 0 fully saturated rings. The molecule has 0 bridgehead atoms. The minimum atomic E-state index is -0.588. The van der Waals surface area contributed by atoms with Crippen LogP contribution in [0.25, 0.3) is 22.5 Å². The van der Waals surface area contributed by atoms with Crippen LogP contribution in [0.15, 0.2) is 65.6 Å². The van der Waals surface area contributed by atoms with Crippen molar-refractivity contribution in [2.45, 2.75) is 12.8 Å². The van der Waals surface area contributed by atoms with Crippen LogP contribution in [0.4, 0.5) is 8.78 Å². The zero-order chi connectivity index (χ0) is 21.1. The second-order valence-corrected chi connectivity index (χ2v) is 6.97. The SMILES string of the molecule is O=C(Cc1ccccc1F)Cc1onc(-c2ccc(Cl)cc2F)c1-c1ccncn1. The molecule has 0 unspecified atom stereocenters. The van der Waals surface area contributed by atoms with E-state index in [4.69, 9.17) is 16.1 Å². The second kappa shape index (κ2) is 8.51. The Kier molecular flexibility index (Phi) is 5.63. The number of ketones is 1. The van der Waals surface area contributed by atoms with Crippen molar-refractivity contribution >= 4 is 17.4 Å². The monoisotopic (exact) mass is 425 g/mol. The van der Waals surface area contributed by atoms with E-state index >= 15 is 0 Å². The molecule has 2 aromatic carbocycles. The Morgan fingerprint density at radius 3 is 2.60 bits per heavy atom. The van der Waals surface area contributed by atoms with E-state index in [-0.39, 0.29) is 46.2 Å². The molecule has 30 heavy (non-hydrogen) atoms. The van der Waals surface area contributed by atoms with Gasteiger partial charge in [0.05, 0.1) is 17.7 Å². The first-order valence-electron chi connectivity index (χ1n) is 8.98. The molecule has 4 aromatic rings. The van der Waals surface area contributed by atoms with Gasteiger partial charge >= 0.3 is 0 Å². The summed E-state index contributed by atoms with van der Waals surface area (Å²) in [5, 5.41) is 4.23. The van der Waals surface area contributed by atoms with Gasteiger partial charge in [0.25, 0.3) is 0 Å². The van der Waals surface area contributed by atoms with Crippen LogP contribution >= 0.6 is 11.6 Å². The molecule has 0 amide bonds. The Morgan fingerprint density at radius 1 is 1.03 bits per heavy atom. The summed E-state index contributed by atoms with van der Waals surface area (Å²) in [6.45, 7) is 0. The van der Waals surface area contributed by atoms with Gasteiger partial charge in [0.2, 0.25) is 0 Å². The lowest BCUT2D eigenvalue weighted by Crippen LogP contribution is -2.08. The highest BCUT2D eigenvalue weighted by Crippen LogP contribution is 2.35. The van der Waals surface area contributed by atoms with Crippen molar-refractivity contribution in [3.63, 3.8) is 0 Å². The highest BCUT2D eigenvalue weighted by molar-refractivity contribution is 6.30. The van der Waals surface area contributed by atoms with E-state index in [0.717, 1.165) is 0 Å². The number of hydrogen-bond acceptors (Lipinski definition) is 5. The predicted molar refractivity (Wildman–Crippen MR) is 107 cm³/mol. The Hall–Kier alpha value is -3.45. The lowest BCUT2D eigenvalue weighted by molar-refractivity contribution is -0.118. The van der Waals surface area contributed by atoms with Gasteiger partial charge in [0.1, 0.15) is 29.4 Å². The number of halogens is 3. The second-order valence-electron chi connectivity index (χ2n) is 6.53. The quantitative estimate of drug-likeness (QED) is 0.430. The van der Waals surface area contributed by atoms with Gasteiger partial charge in [-0.05, 0) is 35.9 Å². The smallest absolute Gasteiger partial charge is 0.154 e. The molecule has 0 aliphatic rings. The Labute approximate surface area is 175 Å². The fourth-order valence-corrected chi connectivity index (χ4v) is 3.27. The fraction of sp³-hybridized carbons (Fsp3) is 0.0909. The van der Waals surface area contributed by atoms with E-state index in [1.165, 1.54) is 36.8 Å². The molecule has 0 saturated heterocycles. The normalized spacial score (nSPS) is 10.9. The molecule has 0 aliphatic carbocycles. The van der Waals surface area contributed by atoms with E-state index in [9.17, 15) is 13.6 Å². The van der Waals surface area contributed by atoms with Crippen molar-refractivity contribution < 1.29 is 18.1 Å². The summed E-state index contributed by atoms with van der Waals surface area (Å²) < 4.78 is 33.8. The minimum absolute atomic E-state index is 0.110. The van der Waals surface area contributed by atoms with Crippen LogP contribution in [-0.4, -0.2) is 20.9 Å². The van der Waals surface area contributed by atoms with Gasteiger partial charge in [-0.25, -0.2) is 18.7 Å². The molecule has 4 rings (SSSR count). The number of carbonyl (C=O) groups excluding carboxylic acids is 1. The van der Waals surface area contributed by atoms with Crippen molar-refractivity contribution in [1.82, 2.24) is 15.1 Å². The lowest BCUT2D eigenvalue weighted by atomic mass is 9.99. The van der Waals surface area contributed by atoms with Crippen LogP contribution in [-0.2, 0) is 17.6 Å². The third-order valence-electron chi connectivity index (χ3n) is 4.49. The van der Waals surface area contributed by atoms with Gasteiger partial charge in [-0.3, -0.25) is 4.79 Å². The summed E-state index contributed by atoms with van der Waals surface area (Å²) in [6.07, 6.45) is 2.58. The van der Waals surface area contributed by atoms with Gasteiger partial charge in [-0.1, -0.05) is 35.0 Å². The minimum Gasteiger partial charge on any atom is -0.360 e. The maximum atomic E-state index is 14.5. The van der Waals surface area contributed by atoms with Crippen molar-refractivity contribution in [3.05, 3.63) is 89.0 Å². The number of carbonyl (C=O) groups is 1. The molecule has 0 atom stereocenters. The predicted octanol–water partition coefficient (Wildman–Crippen LogP) is 5.08. The first-order chi connectivity index (χ1) is 14.5. The average Bonchev–Trinajstić information content (AvgIpc) is 3.13. The lowest BCUT2D eigenvalue weighted by Gasteiger charge is -2.06. The first-order valence-corrected chi connectivity index (χ1v) is 9.36. The van der Waals surface area contributed by atoms with Crippen LogP contribution < -0.4 is 0 Å². The third kappa shape index (κ3) is 4.11. The van der Waals surface area contributed by atoms with E-state index in [1.54, 1.807) is 24.3 Å². The van der Waals surface area contributed by atoms with Crippen molar-refractivity contribution in [1.29, 1.82) is 0 Å². The van der Waals surface area contributed by atoms with E-state index in [0.29, 0.717) is 11.3 Å². The molecule has 8 heteroatoms. The van der Waals surface area contributed by atoms with Crippen molar-refractivity contribution in [2.24, 2.45) is 0 Å². The average molecular weight is 426 g/mol. The van der Waals surface area contributed by atoms with Gasteiger partial charge in [0, 0.05) is 23.2 Å². The molecule has 0 radical (unpaired) electrons. The largest absolute Gasteiger partial charge is 0.360 e. The number of benzene rings is 2. The van der Waals surface area contributed by atoms with Crippen LogP contribution in [0.1, 0.15) is 11.3 Å². The summed E-state index contributed by atoms with van der Waals surface area (Å²) in [5.74, 6) is -1.12. The molecule has 2 heterocycles. The Balaban J connectivity index is 1.72. The van der Waals surface area contributed by atoms with Crippen LogP contribution in [0.2, 0.25) is 5.02 Å². The number of hydrogen-bond donors (Lipinski definition) is 0. The third-order valence-corrected chi connectivity index (χ3v) is 4.73. The van der Waals surface area contributed by atoms with Crippen LogP contribution in [0, 0.1) is 11.6 Å². The zero-order valence-corrected chi connectivity index (χ0v) is 16.2. The van der Waals surface area contributed by atoms with Gasteiger partial charge in [-0.2, -0.15) is 0 Å². The van der Waals surface area contributed by atoms with Gasteiger partial charge in [-0.15, -0.1) is 0 Å². The molecule has 0 N–H and O–H groups in total. The van der Waals surface area contributed by atoms with E-state index in [2.05, 4.69) is 15.1 Å². The summed E-state index contributed by atoms with van der Waals surface area (Å²) in [6, 6.07) is 11.8. The summed E-state index contributed by atoms with van der Waals surface area (Å²) in [5.41, 5.74) is 1.43. The standard InChI is InChI=1S/C22H14ClF2N3O2/c23-14-5-6-16(18(25)10-14)22-21(19-7-8-26-12-27-19)20(30-28-22)11-15(29)9-13-3-1-2-4-17(13)24/h1-8,10,12H,9,11H2. The summed E-state index contributed by atoms with van der Waals surface area (Å²) in [4.78, 5) is 20.7. The number of nitrogens with zero attached hydrogens (tertiary/aromatic N) is 3. The highest BCUT2D eigenvalue weighted by atomic mass is 35.5. The first kappa shape index (κ1) is 19.8. The molecule has 2 aromatic heterocycles. The number of rotatable bonds is 6. The van der Waals surface area contributed by atoms with Crippen molar-refractivity contribution in [3.8, 4) is 22.5 Å². The molecule has 0 spiro atoms. The summed E-state index contributed by atoms with van der Waals surface area (Å²) in [7, 11) is 0. The van der Waals surface area contributed by atoms with Gasteiger partial charge < -0.3 is 4.52 Å². The van der Waals surface area contributed by atoms with Crippen LogP contribution in [0.5, 0.6) is 0 Å². The fourth-order valence-electron chi connectivity index (χ4n) is 3.11. The summed E-state index contributed by atoms with van der Waals surface area (Å²) >= 11 is 5.85. The molecule has 0 saturated carbocycles. The van der Waals surface area contributed by atoms with Gasteiger partial charge in [0.15, 0.2) is 5.76 Å². The Bertz CT molecular complexity index is 1210. The van der Waals surface area contributed by atoms with E-state index in [1.807, 2.05) is 0 Å². The Morgan fingerprint density at radius 2 is 1.87 bits per heavy atom. The van der Waals surface area contributed by atoms with Crippen LogP contribution in [0.3, 0.4) is 0 Å². The number of aromatic nitrogens is 3. The highest BCUT2D eigenvalue weighted by Gasteiger charge is 2.24. The molecule has 0 aliphatic heterocycles. The molecular weight excluding hydrogens is 412 g/mol. The molecule has 150 valence electrons. The molecule has 5 nitrogen and oxygen atoms in total. The molecular formula is C22H14ClF2N3O2.